The lowest BCUT2D eigenvalue weighted by Gasteiger charge is -2.34. The molecule has 154 valence electrons. The molecule has 10 heteroatoms. The molecule has 2 aliphatic heterocycles. The number of hydrogen-bond acceptors (Lipinski definition) is 7. The normalized spacial score (nSPS) is 18.1. The Hall–Kier alpha value is -3.40. The number of piperazine rings is 1. The molecule has 9 nitrogen and oxygen atoms in total. The molecule has 0 spiro atoms. The number of para-hydroxylation sites is 1. The van der Waals surface area contributed by atoms with Crippen molar-refractivity contribution in [1.82, 2.24) is 9.80 Å². The summed E-state index contributed by atoms with van der Waals surface area (Å²) in [5, 5.41) is 11.8. The maximum atomic E-state index is 12.3. The molecule has 1 aromatic carbocycles. The van der Waals surface area contributed by atoms with Crippen LogP contribution in [0.3, 0.4) is 0 Å². The van der Waals surface area contributed by atoms with Gasteiger partial charge in [-0.1, -0.05) is 12.1 Å². The van der Waals surface area contributed by atoms with E-state index in [9.17, 15) is 19.7 Å². The summed E-state index contributed by atoms with van der Waals surface area (Å²) in [5.41, 5.74) is 0.325. The Morgan fingerprint density at radius 2 is 1.93 bits per heavy atom. The smallest absolute Gasteiger partial charge is 0.286 e. The van der Waals surface area contributed by atoms with Crippen LogP contribution in [0.4, 0.5) is 5.69 Å². The first kappa shape index (κ1) is 19.9. The molecule has 1 fully saturated rings. The number of amidine groups is 1. The second kappa shape index (κ2) is 8.15. The van der Waals surface area contributed by atoms with Crippen LogP contribution in [0.1, 0.15) is 12.7 Å². The van der Waals surface area contributed by atoms with Crippen molar-refractivity contribution in [1.29, 1.82) is 0 Å². The third-order valence-corrected chi connectivity index (χ3v) is 5.92. The summed E-state index contributed by atoms with van der Waals surface area (Å²) in [6, 6.07) is 9.63. The Morgan fingerprint density at radius 3 is 2.63 bits per heavy atom. The fourth-order valence-electron chi connectivity index (χ4n) is 3.29. The predicted octanol–water partition coefficient (Wildman–Crippen LogP) is 2.99. The second-order valence-electron chi connectivity index (χ2n) is 6.78. The van der Waals surface area contributed by atoms with Crippen molar-refractivity contribution in [2.75, 3.05) is 26.2 Å². The van der Waals surface area contributed by atoms with Crippen molar-refractivity contribution in [3.8, 4) is 11.3 Å². The van der Waals surface area contributed by atoms with Gasteiger partial charge in [0.25, 0.3) is 11.6 Å². The van der Waals surface area contributed by atoms with Crippen molar-refractivity contribution in [3.63, 3.8) is 0 Å². The van der Waals surface area contributed by atoms with Crippen LogP contribution in [0.25, 0.3) is 17.4 Å². The molecular formula is C20H18N4O5S. The Kier molecular flexibility index (Phi) is 5.40. The first-order chi connectivity index (χ1) is 14.4. The minimum absolute atomic E-state index is 0.0413. The monoisotopic (exact) mass is 426 g/mol. The quantitative estimate of drug-likeness (QED) is 0.422. The molecule has 3 heterocycles. The molecule has 1 aromatic heterocycles. The van der Waals surface area contributed by atoms with Crippen molar-refractivity contribution in [2.24, 2.45) is 4.99 Å². The fraction of sp³-hybridized carbons (Fsp3) is 0.250. The van der Waals surface area contributed by atoms with Crippen LogP contribution < -0.4 is 0 Å². The molecule has 4 rings (SSSR count). The summed E-state index contributed by atoms with van der Waals surface area (Å²) in [4.78, 5) is 42.9. The first-order valence-corrected chi connectivity index (χ1v) is 10.1. The summed E-state index contributed by atoms with van der Waals surface area (Å²) in [6.07, 6.45) is 1.59. The Labute approximate surface area is 176 Å². The molecule has 0 aliphatic carbocycles. The average Bonchev–Trinajstić information content (AvgIpc) is 3.35. The van der Waals surface area contributed by atoms with Crippen molar-refractivity contribution in [3.05, 3.63) is 57.2 Å². The van der Waals surface area contributed by atoms with E-state index < -0.39 is 4.92 Å². The molecule has 2 aliphatic rings. The zero-order chi connectivity index (χ0) is 21.3. The van der Waals surface area contributed by atoms with E-state index in [1.54, 1.807) is 48.2 Å². The van der Waals surface area contributed by atoms with E-state index in [0.717, 1.165) is 0 Å². The van der Waals surface area contributed by atoms with Gasteiger partial charge in [0.1, 0.15) is 11.5 Å². The standard InChI is InChI=1S/C20H18N4O5S/c1-13(25)22-8-10-23(11-9-22)20-21-19(26)18(30-20)12-14-6-7-17(29-14)15-4-2-3-5-16(15)24(27)28/h2-7,12H,8-11H2,1H3. The number of nitro groups is 1. The van der Waals surface area contributed by atoms with Crippen LogP contribution in [0.15, 0.2) is 50.7 Å². The molecule has 0 bridgehead atoms. The van der Waals surface area contributed by atoms with Crippen LogP contribution in [-0.2, 0) is 9.59 Å². The lowest BCUT2D eigenvalue weighted by atomic mass is 10.1. The molecule has 1 saturated heterocycles. The van der Waals surface area contributed by atoms with Gasteiger partial charge in [-0.3, -0.25) is 19.7 Å². The molecular weight excluding hydrogens is 408 g/mol. The third-order valence-electron chi connectivity index (χ3n) is 4.87. The Balaban J connectivity index is 1.48. The molecule has 0 saturated carbocycles. The van der Waals surface area contributed by atoms with Crippen LogP contribution in [0.5, 0.6) is 0 Å². The number of carbonyl (C=O) groups is 2. The maximum Gasteiger partial charge on any atom is 0.286 e. The van der Waals surface area contributed by atoms with E-state index in [-0.39, 0.29) is 17.5 Å². The number of rotatable bonds is 3. The minimum atomic E-state index is -0.460. The van der Waals surface area contributed by atoms with Crippen molar-refractivity contribution >= 4 is 40.5 Å². The SMILES string of the molecule is CC(=O)N1CCN(C2=NC(=O)C(=Cc3ccc(-c4ccccc4[N+](=O)[O-])o3)S2)CC1. The highest BCUT2D eigenvalue weighted by molar-refractivity contribution is 8.18. The van der Waals surface area contributed by atoms with E-state index in [4.69, 9.17) is 4.42 Å². The zero-order valence-corrected chi connectivity index (χ0v) is 16.9. The highest BCUT2D eigenvalue weighted by Crippen LogP contribution is 2.34. The number of benzene rings is 1. The predicted molar refractivity (Wildman–Crippen MR) is 113 cm³/mol. The van der Waals surface area contributed by atoms with Crippen LogP contribution in [-0.4, -0.2) is 57.9 Å². The van der Waals surface area contributed by atoms with Gasteiger partial charge >= 0.3 is 0 Å². The van der Waals surface area contributed by atoms with Gasteiger partial charge in [0.2, 0.25) is 5.91 Å². The minimum Gasteiger partial charge on any atom is -0.456 e. The molecule has 2 amide bonds. The molecule has 0 unspecified atom stereocenters. The number of thioether (sulfide) groups is 1. The number of amides is 2. The number of nitro benzene ring substituents is 1. The lowest BCUT2D eigenvalue weighted by Crippen LogP contribution is -2.49. The molecule has 2 aromatic rings. The van der Waals surface area contributed by atoms with Crippen LogP contribution >= 0.6 is 11.8 Å². The topological polar surface area (TPSA) is 109 Å². The van der Waals surface area contributed by atoms with Gasteiger partial charge in [0.15, 0.2) is 5.17 Å². The maximum absolute atomic E-state index is 12.3. The molecule has 0 radical (unpaired) electrons. The summed E-state index contributed by atoms with van der Waals surface area (Å²) >= 11 is 1.26. The summed E-state index contributed by atoms with van der Waals surface area (Å²) < 4.78 is 5.74. The van der Waals surface area contributed by atoms with E-state index in [1.807, 2.05) is 4.90 Å². The zero-order valence-electron chi connectivity index (χ0n) is 16.1. The second-order valence-corrected chi connectivity index (χ2v) is 7.79. The summed E-state index contributed by atoms with van der Waals surface area (Å²) in [7, 11) is 0. The third kappa shape index (κ3) is 3.99. The van der Waals surface area contributed by atoms with Crippen molar-refractivity contribution < 1.29 is 18.9 Å². The number of furan rings is 1. The summed E-state index contributed by atoms with van der Waals surface area (Å²) in [5.74, 6) is 0.454. The van der Waals surface area contributed by atoms with Crippen LogP contribution in [0.2, 0.25) is 0 Å². The number of nitrogens with zero attached hydrogens (tertiary/aromatic N) is 4. The highest BCUT2D eigenvalue weighted by atomic mass is 32.2. The van der Waals surface area contributed by atoms with Gasteiger partial charge in [-0.2, -0.15) is 4.99 Å². The van der Waals surface area contributed by atoms with E-state index in [0.29, 0.717) is 53.3 Å². The van der Waals surface area contributed by atoms with Crippen LogP contribution in [0, 0.1) is 10.1 Å². The number of aliphatic imine (C=N–C) groups is 1. The van der Waals surface area contributed by atoms with E-state index in [1.165, 1.54) is 17.8 Å². The Morgan fingerprint density at radius 1 is 1.20 bits per heavy atom. The lowest BCUT2D eigenvalue weighted by molar-refractivity contribution is -0.384. The van der Waals surface area contributed by atoms with E-state index >= 15 is 0 Å². The number of carbonyl (C=O) groups excluding carboxylic acids is 2. The first-order valence-electron chi connectivity index (χ1n) is 9.29. The van der Waals surface area contributed by atoms with E-state index in [2.05, 4.69) is 4.99 Å². The number of hydrogen-bond donors (Lipinski definition) is 0. The van der Waals surface area contributed by atoms with Gasteiger partial charge in [0.05, 0.1) is 15.4 Å². The molecule has 30 heavy (non-hydrogen) atoms. The highest BCUT2D eigenvalue weighted by Gasteiger charge is 2.29. The molecule has 0 atom stereocenters. The van der Waals surface area contributed by atoms with Crippen molar-refractivity contribution in [2.45, 2.75) is 6.92 Å². The van der Waals surface area contributed by atoms with Gasteiger partial charge in [-0.25, -0.2) is 0 Å². The largest absolute Gasteiger partial charge is 0.456 e. The van der Waals surface area contributed by atoms with Gasteiger partial charge in [0, 0.05) is 45.2 Å². The van der Waals surface area contributed by atoms with Gasteiger partial charge in [-0.15, -0.1) is 0 Å². The van der Waals surface area contributed by atoms with Gasteiger partial charge in [-0.05, 0) is 30.0 Å². The molecule has 0 N–H and O–H groups in total. The van der Waals surface area contributed by atoms with Gasteiger partial charge < -0.3 is 14.2 Å². The summed E-state index contributed by atoms with van der Waals surface area (Å²) in [6.45, 7) is 3.98. The Bertz CT molecular complexity index is 1080. The average molecular weight is 426 g/mol. The fourth-order valence-corrected chi connectivity index (χ4v) is 4.24.